The molecule has 4 aromatic rings. The van der Waals surface area contributed by atoms with Crippen LogP contribution in [0.3, 0.4) is 0 Å². The van der Waals surface area contributed by atoms with Gasteiger partial charge in [0.1, 0.15) is 34.3 Å². The summed E-state index contributed by atoms with van der Waals surface area (Å²) < 4.78 is 6.30. The lowest BCUT2D eigenvalue weighted by molar-refractivity contribution is -0.145. The lowest BCUT2D eigenvalue weighted by Gasteiger charge is -2.36. The second-order valence-electron chi connectivity index (χ2n) is 17.4. The molecule has 4 atom stereocenters. The van der Waals surface area contributed by atoms with E-state index in [2.05, 4.69) is 41.9 Å². The molecule has 18 heteroatoms. The molecule has 18 nitrogen and oxygen atoms in total. The Hall–Kier alpha value is -7.37. The molecule has 66 heavy (non-hydrogen) atoms. The number of hydrogen-bond donors (Lipinski definition) is 8. The fourth-order valence-electron chi connectivity index (χ4n) is 8.75. The van der Waals surface area contributed by atoms with Crippen molar-refractivity contribution in [1.29, 1.82) is 0 Å². The lowest BCUT2D eigenvalue weighted by Crippen LogP contribution is -2.52. The molecule has 2 unspecified atom stereocenters. The highest BCUT2D eigenvalue weighted by Gasteiger charge is 2.41. The second-order valence-corrected chi connectivity index (χ2v) is 17.4. The van der Waals surface area contributed by atoms with Gasteiger partial charge in [-0.05, 0) is 123 Å². The predicted molar refractivity (Wildman–Crippen MR) is 239 cm³/mol. The molecule has 1 saturated carbocycles. The van der Waals surface area contributed by atoms with Crippen LogP contribution in [0.25, 0.3) is 0 Å². The average Bonchev–Trinajstić information content (AvgIpc) is 3.33. The minimum atomic E-state index is -1.19. The molecule has 6 aliphatic rings. The number of phenolic OH excluding ortho intramolecular Hbond substituents is 1. The molecule has 0 radical (unpaired) electrons. The SMILES string of the molecule is Cc1c(C)c2c(c(C)c1O)CCC(C)(C(=O)NCCNC(=O)c1cc3ccc1CNC(=O)c1cccc(n1)C(=O)NCC1CC[C@@H](CNC(=O)c4cccc(n4)C(=O)NC3)[C@@H](C(=O)O)C1)O2. The van der Waals surface area contributed by atoms with Gasteiger partial charge in [0.15, 0.2) is 5.60 Å². The molecule has 0 spiro atoms. The number of carboxylic acids is 1. The van der Waals surface area contributed by atoms with Crippen LogP contribution in [-0.2, 0) is 29.1 Å². The molecule has 5 aliphatic heterocycles. The third-order valence-electron chi connectivity index (χ3n) is 12.9. The largest absolute Gasteiger partial charge is 0.507 e. The quantitative estimate of drug-likeness (QED) is 0.130. The summed E-state index contributed by atoms with van der Waals surface area (Å²) in [6, 6.07) is 13.7. The summed E-state index contributed by atoms with van der Waals surface area (Å²) in [6.45, 7) is 7.37. The van der Waals surface area contributed by atoms with Crippen molar-refractivity contribution in [1.82, 2.24) is 41.9 Å². The lowest BCUT2D eigenvalue weighted by atomic mass is 9.74. The van der Waals surface area contributed by atoms with Crippen LogP contribution in [0.2, 0.25) is 0 Å². The highest BCUT2D eigenvalue weighted by Crippen LogP contribution is 2.43. The predicted octanol–water partition coefficient (Wildman–Crippen LogP) is 3.19. The van der Waals surface area contributed by atoms with E-state index in [4.69, 9.17) is 4.74 Å². The Morgan fingerprint density at radius 3 is 1.98 bits per heavy atom. The number of ether oxygens (including phenoxy) is 1. The molecule has 0 saturated heterocycles. The van der Waals surface area contributed by atoms with Crippen molar-refractivity contribution in [2.75, 3.05) is 26.2 Å². The Kier molecular flexibility index (Phi) is 14.0. The number of nitrogens with one attached hydrogen (secondary N) is 6. The van der Waals surface area contributed by atoms with Crippen LogP contribution in [0.4, 0.5) is 0 Å². The summed E-state index contributed by atoms with van der Waals surface area (Å²) in [5.41, 5.74) is 2.84. The van der Waals surface area contributed by atoms with Crippen molar-refractivity contribution < 1.29 is 48.5 Å². The average molecular weight is 903 g/mol. The van der Waals surface area contributed by atoms with Gasteiger partial charge in [-0.15, -0.1) is 0 Å². The van der Waals surface area contributed by atoms with Crippen LogP contribution in [0.5, 0.6) is 11.5 Å². The maximum absolute atomic E-state index is 13.8. The number of benzene rings is 2. The monoisotopic (exact) mass is 902 g/mol. The van der Waals surface area contributed by atoms with Crippen molar-refractivity contribution >= 4 is 41.4 Å². The topological polar surface area (TPSA) is 267 Å². The minimum Gasteiger partial charge on any atom is -0.507 e. The van der Waals surface area contributed by atoms with E-state index >= 15 is 0 Å². The normalized spacial score (nSPS) is 21.2. The summed E-state index contributed by atoms with van der Waals surface area (Å²) in [6.07, 6.45) is 2.27. The van der Waals surface area contributed by atoms with Gasteiger partial charge in [0.25, 0.3) is 35.4 Å². The maximum atomic E-state index is 13.8. The van der Waals surface area contributed by atoms with Gasteiger partial charge in [-0.3, -0.25) is 33.6 Å². The second kappa shape index (κ2) is 19.8. The van der Waals surface area contributed by atoms with E-state index in [1.54, 1.807) is 32.0 Å². The summed E-state index contributed by atoms with van der Waals surface area (Å²) in [5, 5.41) is 37.4. The number of hydrogen-bond acceptors (Lipinski definition) is 11. The standard InChI is InChI=1S/C48H54N8O10/c1-25-26(2)40-32(27(3)39(25)57)15-16-48(4,66-40)47(65)50-18-17-49-41(58)33-19-28-11-13-30(33)23-53-44(61)37-9-5-8-36(55-37)43(60)52-22-29-12-14-31(34(20-29)46(63)64)24-54-45(62)38-10-6-7-35(56-38)42(59)51-21-28/h5-11,13,19,29,31,34,57H,12,14-18,20-24H2,1-4H3,(H,49,58)(H,50,65)(H,51,59)(H,52,60)(H,53,61)(H,54,62)(H,63,64)/t29?,31-,34-,48?/m0/s1. The number of carbonyl (C=O) groups is 7. The summed E-state index contributed by atoms with van der Waals surface area (Å²) >= 11 is 0. The number of pyridine rings is 2. The Balaban J connectivity index is 1.07. The van der Waals surface area contributed by atoms with E-state index in [1.807, 2.05) is 13.8 Å². The summed E-state index contributed by atoms with van der Waals surface area (Å²) in [5.74, 6) is -4.69. The molecule has 7 heterocycles. The number of phenols is 1. The molecule has 1 fully saturated rings. The molecular weight excluding hydrogens is 849 g/mol. The first kappa shape index (κ1) is 46.6. The number of nitrogens with zero attached hydrogens (tertiary/aromatic N) is 2. The first-order valence-electron chi connectivity index (χ1n) is 22.0. The van der Waals surface area contributed by atoms with Crippen LogP contribution in [0.1, 0.15) is 118 Å². The number of amides is 6. The van der Waals surface area contributed by atoms with Crippen molar-refractivity contribution in [2.45, 2.75) is 78.5 Å². The van der Waals surface area contributed by atoms with Crippen LogP contribution in [-0.4, -0.2) is 93.4 Å². The maximum Gasteiger partial charge on any atom is 0.306 e. The van der Waals surface area contributed by atoms with Gasteiger partial charge in [-0.2, -0.15) is 0 Å². The highest BCUT2D eigenvalue weighted by atomic mass is 16.5. The summed E-state index contributed by atoms with van der Waals surface area (Å²) in [4.78, 5) is 101. The molecule has 8 bridgehead atoms. The van der Waals surface area contributed by atoms with Gasteiger partial charge in [0.2, 0.25) is 0 Å². The first-order chi connectivity index (χ1) is 31.5. The zero-order valence-corrected chi connectivity index (χ0v) is 37.3. The van der Waals surface area contributed by atoms with Crippen LogP contribution >= 0.6 is 0 Å². The van der Waals surface area contributed by atoms with Crippen molar-refractivity contribution in [2.24, 2.45) is 17.8 Å². The number of aliphatic carboxylic acids is 1. The number of carbonyl (C=O) groups excluding carboxylic acids is 6. The van der Waals surface area contributed by atoms with Gasteiger partial charge in [-0.25, -0.2) is 9.97 Å². The Morgan fingerprint density at radius 1 is 0.758 bits per heavy atom. The van der Waals surface area contributed by atoms with E-state index < -0.39 is 47.0 Å². The fourth-order valence-corrected chi connectivity index (χ4v) is 8.75. The highest BCUT2D eigenvalue weighted by molar-refractivity contribution is 5.98. The van der Waals surface area contributed by atoms with E-state index in [-0.39, 0.29) is 97.5 Å². The molecule has 2 aromatic carbocycles. The molecule has 8 N–H and O–H groups in total. The van der Waals surface area contributed by atoms with E-state index in [1.165, 1.54) is 36.4 Å². The minimum absolute atomic E-state index is 0.0130. The van der Waals surface area contributed by atoms with Gasteiger partial charge in [0, 0.05) is 56.8 Å². The fraction of sp³-hybridized carbons (Fsp3) is 0.396. The molecule has 346 valence electrons. The molecular formula is C48H54N8O10. The van der Waals surface area contributed by atoms with E-state index in [0.29, 0.717) is 48.1 Å². The smallest absolute Gasteiger partial charge is 0.306 e. The van der Waals surface area contributed by atoms with E-state index in [0.717, 1.165) is 16.7 Å². The number of fused-ring (bicyclic) bond motifs is 1. The van der Waals surface area contributed by atoms with Gasteiger partial charge < -0.3 is 46.9 Å². The third-order valence-corrected chi connectivity index (χ3v) is 12.9. The molecule has 6 amide bonds. The zero-order valence-electron chi connectivity index (χ0n) is 37.3. The molecule has 1 aliphatic carbocycles. The van der Waals surface area contributed by atoms with Crippen LogP contribution < -0.4 is 36.6 Å². The first-order valence-corrected chi connectivity index (χ1v) is 22.0. The zero-order chi connectivity index (χ0) is 47.3. The van der Waals surface area contributed by atoms with Gasteiger partial charge in [-0.1, -0.05) is 24.3 Å². The van der Waals surface area contributed by atoms with Crippen molar-refractivity contribution in [3.8, 4) is 11.5 Å². The van der Waals surface area contributed by atoms with Gasteiger partial charge >= 0.3 is 5.97 Å². The van der Waals surface area contributed by atoms with Crippen LogP contribution in [0, 0.1) is 38.5 Å². The van der Waals surface area contributed by atoms with Crippen molar-refractivity contribution in [3.63, 3.8) is 0 Å². The third kappa shape index (κ3) is 10.3. The Labute approximate surface area is 381 Å². The summed E-state index contributed by atoms with van der Waals surface area (Å²) in [7, 11) is 0. The Morgan fingerprint density at radius 2 is 1.35 bits per heavy atom. The number of aromatic hydroxyl groups is 1. The van der Waals surface area contributed by atoms with E-state index in [9.17, 15) is 43.8 Å². The van der Waals surface area contributed by atoms with Crippen molar-refractivity contribution in [3.05, 3.63) is 116 Å². The van der Waals surface area contributed by atoms with Gasteiger partial charge in [0.05, 0.1) is 5.92 Å². The number of rotatable bonds is 6. The Bertz CT molecular complexity index is 2620. The number of aromatic nitrogens is 2. The molecule has 2 aromatic heterocycles. The number of carboxylic acid groups (broad SMARTS) is 1. The van der Waals surface area contributed by atoms with Crippen LogP contribution in [0.15, 0.2) is 54.6 Å². The molecule has 10 rings (SSSR count).